The summed E-state index contributed by atoms with van der Waals surface area (Å²) in [6.45, 7) is 4.61. The normalized spacial score (nSPS) is 13.1. The number of alkyl halides is 1. The quantitative estimate of drug-likeness (QED) is 0.819. The molecule has 0 radical (unpaired) electrons. The average Bonchev–Trinajstić information content (AvgIpc) is 2.21. The lowest BCUT2D eigenvalue weighted by atomic mass is 10.1. The van der Waals surface area contributed by atoms with Gasteiger partial charge in [0.2, 0.25) is 0 Å². The molecule has 0 heterocycles. The van der Waals surface area contributed by atoms with Gasteiger partial charge in [0.25, 0.3) is 0 Å². The zero-order valence-electron chi connectivity index (χ0n) is 9.43. The van der Waals surface area contributed by atoms with Crippen LogP contribution in [0.4, 0.5) is 8.78 Å². The molecule has 1 atom stereocenters. The Hall–Kier alpha value is -0.480. The van der Waals surface area contributed by atoms with Crippen LogP contribution in [0.3, 0.4) is 0 Å². The zero-order chi connectivity index (χ0) is 12.1. The molecule has 0 aliphatic carbocycles. The summed E-state index contributed by atoms with van der Waals surface area (Å²) in [6, 6.07) is 3.95. The SMILES string of the molecule is CC(C)C(CBr)NCc1ccc(F)cc1F. The smallest absolute Gasteiger partial charge is 0.130 e. The highest BCUT2D eigenvalue weighted by molar-refractivity contribution is 9.09. The van der Waals surface area contributed by atoms with Crippen LogP contribution in [0, 0.1) is 17.6 Å². The minimum absolute atomic E-state index is 0.282. The van der Waals surface area contributed by atoms with Crippen molar-refractivity contribution in [3.63, 3.8) is 0 Å². The molecule has 0 fully saturated rings. The molecule has 0 spiro atoms. The molecule has 4 heteroatoms. The summed E-state index contributed by atoms with van der Waals surface area (Å²) in [4.78, 5) is 0. The van der Waals surface area contributed by atoms with Crippen molar-refractivity contribution in [1.29, 1.82) is 0 Å². The van der Waals surface area contributed by atoms with Gasteiger partial charge >= 0.3 is 0 Å². The van der Waals surface area contributed by atoms with Crippen LogP contribution in [0.5, 0.6) is 0 Å². The van der Waals surface area contributed by atoms with E-state index in [0.717, 1.165) is 11.4 Å². The van der Waals surface area contributed by atoms with Crippen molar-refractivity contribution in [2.45, 2.75) is 26.4 Å². The fourth-order valence-electron chi connectivity index (χ4n) is 1.37. The van der Waals surface area contributed by atoms with E-state index in [0.29, 0.717) is 18.0 Å². The fraction of sp³-hybridized carbons (Fsp3) is 0.500. The van der Waals surface area contributed by atoms with Gasteiger partial charge in [0.1, 0.15) is 11.6 Å². The van der Waals surface area contributed by atoms with E-state index in [2.05, 4.69) is 35.1 Å². The van der Waals surface area contributed by atoms with Crippen LogP contribution >= 0.6 is 15.9 Å². The molecule has 1 unspecified atom stereocenters. The Morgan fingerprint density at radius 3 is 2.50 bits per heavy atom. The van der Waals surface area contributed by atoms with E-state index in [-0.39, 0.29) is 6.04 Å². The minimum atomic E-state index is -0.540. The number of nitrogens with one attached hydrogen (secondary N) is 1. The number of rotatable bonds is 5. The van der Waals surface area contributed by atoms with Crippen LogP contribution in [0.1, 0.15) is 19.4 Å². The van der Waals surface area contributed by atoms with Crippen molar-refractivity contribution in [2.75, 3.05) is 5.33 Å². The molecule has 16 heavy (non-hydrogen) atoms. The van der Waals surface area contributed by atoms with E-state index < -0.39 is 11.6 Å². The maximum Gasteiger partial charge on any atom is 0.130 e. The summed E-state index contributed by atoms with van der Waals surface area (Å²) >= 11 is 3.40. The van der Waals surface area contributed by atoms with Crippen LogP contribution in [-0.2, 0) is 6.54 Å². The Morgan fingerprint density at radius 2 is 2.00 bits per heavy atom. The fourth-order valence-corrected chi connectivity index (χ4v) is 2.35. The van der Waals surface area contributed by atoms with Gasteiger partial charge in [0, 0.05) is 29.5 Å². The summed E-state index contributed by atoms with van der Waals surface area (Å²) in [5.41, 5.74) is 0.494. The molecule has 0 aliphatic heterocycles. The van der Waals surface area contributed by atoms with Crippen LogP contribution in [0.25, 0.3) is 0 Å². The molecule has 1 nitrogen and oxygen atoms in total. The number of benzene rings is 1. The van der Waals surface area contributed by atoms with Crippen LogP contribution < -0.4 is 5.32 Å². The van der Waals surface area contributed by atoms with E-state index in [9.17, 15) is 8.78 Å². The highest BCUT2D eigenvalue weighted by Gasteiger charge is 2.12. The standard InChI is InChI=1S/C12H16BrF2N/c1-8(2)12(6-13)16-7-9-3-4-10(14)5-11(9)15/h3-5,8,12,16H,6-7H2,1-2H3. The van der Waals surface area contributed by atoms with Gasteiger partial charge in [-0.2, -0.15) is 0 Å². The molecule has 0 bridgehead atoms. The Balaban J connectivity index is 2.60. The van der Waals surface area contributed by atoms with E-state index >= 15 is 0 Å². The van der Waals surface area contributed by atoms with Gasteiger partial charge in [-0.3, -0.25) is 0 Å². The van der Waals surface area contributed by atoms with Crippen molar-refractivity contribution in [3.05, 3.63) is 35.4 Å². The second-order valence-electron chi connectivity index (χ2n) is 4.12. The topological polar surface area (TPSA) is 12.0 Å². The van der Waals surface area contributed by atoms with E-state index in [1.165, 1.54) is 12.1 Å². The van der Waals surface area contributed by atoms with E-state index in [1.807, 2.05) is 0 Å². The van der Waals surface area contributed by atoms with Gasteiger partial charge in [-0.05, 0) is 12.0 Å². The van der Waals surface area contributed by atoms with Crippen molar-refractivity contribution < 1.29 is 8.78 Å². The highest BCUT2D eigenvalue weighted by Crippen LogP contribution is 2.11. The molecule has 1 N–H and O–H groups in total. The van der Waals surface area contributed by atoms with Gasteiger partial charge in [-0.25, -0.2) is 8.78 Å². The summed E-state index contributed by atoms with van der Waals surface area (Å²) in [5, 5.41) is 4.05. The average molecular weight is 292 g/mol. The van der Waals surface area contributed by atoms with Crippen molar-refractivity contribution in [2.24, 2.45) is 5.92 Å². The van der Waals surface area contributed by atoms with Crippen molar-refractivity contribution >= 4 is 15.9 Å². The van der Waals surface area contributed by atoms with Gasteiger partial charge in [-0.15, -0.1) is 0 Å². The molecule has 1 rings (SSSR count). The Kier molecular flexibility index (Phi) is 5.35. The second kappa shape index (κ2) is 6.30. The third kappa shape index (κ3) is 3.83. The van der Waals surface area contributed by atoms with E-state index in [4.69, 9.17) is 0 Å². The summed E-state index contributed by atoms with van der Waals surface area (Å²) < 4.78 is 26.0. The first-order chi connectivity index (χ1) is 7.54. The summed E-state index contributed by atoms with van der Waals surface area (Å²) in [5.74, 6) is -0.574. The first kappa shape index (κ1) is 13.6. The van der Waals surface area contributed by atoms with Crippen LogP contribution in [0.15, 0.2) is 18.2 Å². The molecule has 90 valence electrons. The molecule has 1 aromatic rings. The first-order valence-corrected chi connectivity index (χ1v) is 6.40. The molecule has 0 saturated heterocycles. The van der Waals surface area contributed by atoms with Gasteiger partial charge in [0.15, 0.2) is 0 Å². The van der Waals surface area contributed by atoms with Crippen molar-refractivity contribution in [1.82, 2.24) is 5.32 Å². The second-order valence-corrected chi connectivity index (χ2v) is 4.77. The third-order valence-electron chi connectivity index (χ3n) is 2.54. The predicted molar refractivity (Wildman–Crippen MR) is 65.6 cm³/mol. The monoisotopic (exact) mass is 291 g/mol. The first-order valence-electron chi connectivity index (χ1n) is 5.28. The number of hydrogen-bond acceptors (Lipinski definition) is 1. The molecule has 0 aromatic heterocycles. The molecule has 1 aromatic carbocycles. The Bertz CT molecular complexity index is 342. The Labute approximate surface area is 103 Å². The van der Waals surface area contributed by atoms with Gasteiger partial charge < -0.3 is 5.32 Å². The lowest BCUT2D eigenvalue weighted by molar-refractivity contribution is 0.428. The predicted octanol–water partition coefficient (Wildman–Crippen LogP) is 3.47. The maximum absolute atomic E-state index is 13.3. The molecule has 0 aliphatic rings. The van der Waals surface area contributed by atoms with Crippen molar-refractivity contribution in [3.8, 4) is 0 Å². The molecule has 0 saturated carbocycles. The summed E-state index contributed by atoms with van der Waals surface area (Å²) in [6.07, 6.45) is 0. The third-order valence-corrected chi connectivity index (χ3v) is 3.24. The largest absolute Gasteiger partial charge is 0.309 e. The minimum Gasteiger partial charge on any atom is -0.309 e. The molecule has 0 amide bonds. The van der Waals surface area contributed by atoms with Crippen LogP contribution in [0.2, 0.25) is 0 Å². The van der Waals surface area contributed by atoms with Crippen LogP contribution in [-0.4, -0.2) is 11.4 Å². The van der Waals surface area contributed by atoms with Gasteiger partial charge in [0.05, 0.1) is 0 Å². The van der Waals surface area contributed by atoms with E-state index in [1.54, 1.807) is 0 Å². The maximum atomic E-state index is 13.3. The molecular weight excluding hydrogens is 276 g/mol. The summed E-state index contributed by atoms with van der Waals surface area (Å²) in [7, 11) is 0. The number of halogens is 3. The lowest BCUT2D eigenvalue weighted by Gasteiger charge is -2.20. The number of hydrogen-bond donors (Lipinski definition) is 1. The Morgan fingerprint density at radius 1 is 1.31 bits per heavy atom. The zero-order valence-corrected chi connectivity index (χ0v) is 11.0. The molecular formula is C12H16BrF2N. The van der Waals surface area contributed by atoms with Gasteiger partial charge in [-0.1, -0.05) is 35.8 Å². The highest BCUT2D eigenvalue weighted by atomic mass is 79.9. The lowest BCUT2D eigenvalue weighted by Crippen LogP contribution is -2.34.